The minimum Gasteiger partial charge on any atom is -0.325 e. The van der Waals surface area contributed by atoms with E-state index in [1.165, 1.54) is 56.3 Å². The molecule has 1 atom stereocenters. The summed E-state index contributed by atoms with van der Waals surface area (Å²) in [4.78, 5) is 30.1. The number of hydrazone groups is 1. The topological polar surface area (TPSA) is 74.7 Å². The summed E-state index contributed by atoms with van der Waals surface area (Å²) in [6, 6.07) is 11.2. The molecule has 180 valence electrons. The average Bonchev–Trinajstić information content (AvgIpc) is 3.14. The molecule has 9 heteroatoms. The average molecular weight is 480 g/mol. The number of hydrogen-bond donors (Lipinski definition) is 1. The quantitative estimate of drug-likeness (QED) is 0.462. The Kier molecular flexibility index (Phi) is 6.43. The molecule has 1 unspecified atom stereocenters. The monoisotopic (exact) mass is 480 g/mol. The van der Waals surface area contributed by atoms with Gasteiger partial charge in [0.2, 0.25) is 5.91 Å². The number of hydrogen-bond acceptors (Lipinski definition) is 4. The number of anilines is 2. The zero-order valence-corrected chi connectivity index (χ0v) is 19.3. The first-order valence-electron chi connectivity index (χ1n) is 11.0. The summed E-state index contributed by atoms with van der Waals surface area (Å²) in [5.41, 5.74) is 2.08. The molecule has 2 heterocycles. The summed E-state index contributed by atoms with van der Waals surface area (Å²) in [6.45, 7) is 4.69. The Balaban J connectivity index is 1.58. The summed E-state index contributed by atoms with van der Waals surface area (Å²) in [7, 11) is 0. The molecule has 0 radical (unpaired) electrons. The number of carbonyl (C=O) groups excluding carboxylic acids is 2. The molecule has 0 spiro atoms. The van der Waals surface area contributed by atoms with Crippen molar-refractivity contribution in [2.75, 3.05) is 10.3 Å². The summed E-state index contributed by atoms with van der Waals surface area (Å²) in [5, 5.41) is 7.82. The fourth-order valence-corrected chi connectivity index (χ4v) is 3.92. The molecule has 4 rings (SSSR count). The number of halogens is 3. The predicted octanol–water partition coefficient (Wildman–Crippen LogP) is 5.68. The van der Waals surface area contributed by atoms with E-state index >= 15 is 0 Å². The second kappa shape index (κ2) is 9.32. The summed E-state index contributed by atoms with van der Waals surface area (Å²) in [6.07, 6.45) is 2.77. The number of rotatable bonds is 6. The minimum absolute atomic E-state index is 0.150. The first kappa shape index (κ1) is 24.1. The third kappa shape index (κ3) is 4.66. The second-order valence-electron chi connectivity index (χ2n) is 8.31. The van der Waals surface area contributed by atoms with E-state index in [4.69, 9.17) is 0 Å². The Bertz CT molecular complexity index is 1340. The first-order valence-corrected chi connectivity index (χ1v) is 11.0. The van der Waals surface area contributed by atoms with Crippen molar-refractivity contribution in [3.8, 4) is 11.1 Å². The van der Waals surface area contributed by atoms with E-state index in [2.05, 4.69) is 15.4 Å². The number of amides is 2. The third-order valence-corrected chi connectivity index (χ3v) is 5.89. The standard InChI is InChI=1S/C26H23F3N4O2/c1-4-26(28,29)17-6-5-7-18(12-17)31-24(34)23-16(3)32-33(25(23)35)19-8-9-22(27)21(13-19)20-10-11-30-14-15(20)2/h5-14,23H,4H2,1-3H3,(H,31,34). The van der Waals surface area contributed by atoms with Crippen LogP contribution in [-0.4, -0.2) is 22.5 Å². The molecule has 2 amide bonds. The Morgan fingerprint density at radius 3 is 2.60 bits per heavy atom. The van der Waals surface area contributed by atoms with Gasteiger partial charge in [0.1, 0.15) is 5.82 Å². The predicted molar refractivity (Wildman–Crippen MR) is 128 cm³/mol. The number of aryl methyl sites for hydroxylation is 1. The summed E-state index contributed by atoms with van der Waals surface area (Å²) < 4.78 is 42.7. The van der Waals surface area contributed by atoms with Gasteiger partial charge in [-0.2, -0.15) is 10.1 Å². The van der Waals surface area contributed by atoms with Gasteiger partial charge in [-0.1, -0.05) is 19.1 Å². The van der Waals surface area contributed by atoms with Crippen LogP contribution in [0.2, 0.25) is 0 Å². The second-order valence-corrected chi connectivity index (χ2v) is 8.31. The highest BCUT2D eigenvalue weighted by atomic mass is 19.3. The van der Waals surface area contributed by atoms with E-state index in [9.17, 15) is 22.8 Å². The molecule has 1 aliphatic heterocycles. The maximum absolute atomic E-state index is 14.6. The highest BCUT2D eigenvalue weighted by Crippen LogP contribution is 2.34. The Morgan fingerprint density at radius 1 is 1.11 bits per heavy atom. The zero-order valence-electron chi connectivity index (χ0n) is 19.3. The van der Waals surface area contributed by atoms with Crippen molar-refractivity contribution in [3.63, 3.8) is 0 Å². The maximum Gasteiger partial charge on any atom is 0.273 e. The van der Waals surface area contributed by atoms with E-state index < -0.39 is 29.5 Å². The molecule has 2 aromatic carbocycles. The molecule has 0 saturated heterocycles. The van der Waals surface area contributed by atoms with Crippen LogP contribution in [0.3, 0.4) is 0 Å². The lowest BCUT2D eigenvalue weighted by Crippen LogP contribution is -2.36. The Labute approximate surface area is 200 Å². The van der Waals surface area contributed by atoms with Gasteiger partial charge in [0.15, 0.2) is 5.92 Å². The number of alkyl halides is 2. The third-order valence-electron chi connectivity index (χ3n) is 5.89. The van der Waals surface area contributed by atoms with E-state index in [-0.39, 0.29) is 28.9 Å². The minimum atomic E-state index is -3.04. The van der Waals surface area contributed by atoms with Gasteiger partial charge in [0, 0.05) is 35.6 Å². The van der Waals surface area contributed by atoms with Crippen LogP contribution in [0.5, 0.6) is 0 Å². The Morgan fingerprint density at radius 2 is 1.89 bits per heavy atom. The lowest BCUT2D eigenvalue weighted by Gasteiger charge is -2.17. The van der Waals surface area contributed by atoms with Gasteiger partial charge in [-0.05, 0) is 61.4 Å². The van der Waals surface area contributed by atoms with Crippen LogP contribution in [0, 0.1) is 18.7 Å². The SMILES string of the molecule is CCC(F)(F)c1cccc(NC(=O)C2C(=O)N(c3ccc(F)c(-c4ccncc4C)c3)N=C2C)c1. The molecule has 6 nitrogen and oxygen atoms in total. The smallest absolute Gasteiger partial charge is 0.273 e. The number of aromatic nitrogens is 1. The molecule has 0 fully saturated rings. The van der Waals surface area contributed by atoms with Crippen molar-refractivity contribution in [2.45, 2.75) is 33.1 Å². The normalized spacial score (nSPS) is 15.8. The van der Waals surface area contributed by atoms with Crippen molar-refractivity contribution >= 4 is 28.9 Å². The van der Waals surface area contributed by atoms with Crippen LogP contribution < -0.4 is 10.3 Å². The van der Waals surface area contributed by atoms with E-state index in [0.717, 1.165) is 10.6 Å². The molecule has 0 saturated carbocycles. The fourth-order valence-electron chi connectivity index (χ4n) is 3.92. The Hall–Kier alpha value is -4.01. The van der Waals surface area contributed by atoms with Gasteiger partial charge < -0.3 is 5.32 Å². The van der Waals surface area contributed by atoms with Crippen molar-refractivity contribution in [3.05, 3.63) is 77.9 Å². The van der Waals surface area contributed by atoms with E-state index in [1.54, 1.807) is 25.4 Å². The van der Waals surface area contributed by atoms with Gasteiger partial charge >= 0.3 is 0 Å². The van der Waals surface area contributed by atoms with Gasteiger partial charge in [0.05, 0.1) is 11.4 Å². The maximum atomic E-state index is 14.6. The number of nitrogens with one attached hydrogen (secondary N) is 1. The van der Waals surface area contributed by atoms with Crippen LogP contribution in [-0.2, 0) is 15.5 Å². The van der Waals surface area contributed by atoms with Gasteiger partial charge in [-0.25, -0.2) is 13.2 Å². The number of carbonyl (C=O) groups is 2. The number of benzene rings is 2. The number of nitrogens with zero attached hydrogens (tertiary/aromatic N) is 3. The van der Waals surface area contributed by atoms with Crippen molar-refractivity contribution < 1.29 is 22.8 Å². The lowest BCUT2D eigenvalue weighted by atomic mass is 10.0. The molecule has 1 aliphatic rings. The molecule has 3 aromatic rings. The molecular formula is C26H23F3N4O2. The van der Waals surface area contributed by atoms with E-state index in [0.29, 0.717) is 11.3 Å². The first-order chi connectivity index (χ1) is 16.6. The molecular weight excluding hydrogens is 457 g/mol. The molecule has 0 aliphatic carbocycles. The highest BCUT2D eigenvalue weighted by Gasteiger charge is 2.40. The van der Waals surface area contributed by atoms with Crippen molar-refractivity contribution in [2.24, 2.45) is 11.0 Å². The van der Waals surface area contributed by atoms with Gasteiger partial charge in [-0.15, -0.1) is 0 Å². The molecule has 0 bridgehead atoms. The highest BCUT2D eigenvalue weighted by molar-refractivity contribution is 6.28. The van der Waals surface area contributed by atoms with Crippen LogP contribution in [0.25, 0.3) is 11.1 Å². The molecule has 35 heavy (non-hydrogen) atoms. The largest absolute Gasteiger partial charge is 0.325 e. The van der Waals surface area contributed by atoms with Crippen LogP contribution in [0.4, 0.5) is 24.5 Å². The molecule has 1 aromatic heterocycles. The fraction of sp³-hybridized carbons (Fsp3) is 0.231. The summed E-state index contributed by atoms with van der Waals surface area (Å²) in [5.74, 6) is -6.08. The number of pyridine rings is 1. The zero-order chi connectivity index (χ0) is 25.3. The van der Waals surface area contributed by atoms with Gasteiger partial charge in [-0.3, -0.25) is 14.6 Å². The van der Waals surface area contributed by atoms with Gasteiger partial charge in [0.25, 0.3) is 11.8 Å². The van der Waals surface area contributed by atoms with Crippen LogP contribution in [0.1, 0.15) is 31.4 Å². The van der Waals surface area contributed by atoms with Crippen LogP contribution >= 0.6 is 0 Å². The van der Waals surface area contributed by atoms with Crippen LogP contribution in [0.15, 0.2) is 66.0 Å². The molecule has 1 N–H and O–H groups in total. The van der Waals surface area contributed by atoms with Crippen molar-refractivity contribution in [1.82, 2.24) is 4.98 Å². The summed E-state index contributed by atoms with van der Waals surface area (Å²) >= 11 is 0. The van der Waals surface area contributed by atoms with Crippen molar-refractivity contribution in [1.29, 1.82) is 0 Å². The lowest BCUT2D eigenvalue weighted by molar-refractivity contribution is -0.127. The van der Waals surface area contributed by atoms with E-state index in [1.807, 2.05) is 0 Å².